The molecule has 60 valence electrons. The Hall–Kier alpha value is -0.220. The van der Waals surface area contributed by atoms with Crippen molar-refractivity contribution in [2.24, 2.45) is 0 Å². The maximum Gasteiger partial charge on any atom is 0.251 e. The van der Waals surface area contributed by atoms with E-state index >= 15 is 0 Å². The zero-order valence-corrected chi connectivity index (χ0v) is 5.63. The van der Waals surface area contributed by atoms with Gasteiger partial charge in [-0.05, 0) is 6.42 Å². The highest BCUT2D eigenvalue weighted by molar-refractivity contribution is 4.81. The second-order valence-electron chi connectivity index (χ2n) is 2.51. The molecule has 1 saturated heterocycles. The molecule has 0 radical (unpaired) electrons. The SMILES string of the molecule is OCC1CCN1CC(F)F. The largest absolute Gasteiger partial charge is 0.395 e. The van der Waals surface area contributed by atoms with Gasteiger partial charge in [0.2, 0.25) is 0 Å². The Balaban J connectivity index is 2.16. The molecule has 0 aliphatic carbocycles. The summed E-state index contributed by atoms with van der Waals surface area (Å²) < 4.78 is 23.4. The van der Waals surface area contributed by atoms with E-state index in [0.29, 0.717) is 6.54 Å². The quantitative estimate of drug-likeness (QED) is 0.627. The van der Waals surface area contributed by atoms with Gasteiger partial charge < -0.3 is 5.11 Å². The average molecular weight is 151 g/mol. The fourth-order valence-corrected chi connectivity index (χ4v) is 1.12. The van der Waals surface area contributed by atoms with Gasteiger partial charge in [0.05, 0.1) is 13.2 Å². The number of halogens is 2. The predicted octanol–water partition coefficient (Wildman–Crippen LogP) is 0.318. The van der Waals surface area contributed by atoms with Crippen LogP contribution in [0.5, 0.6) is 0 Å². The number of aliphatic hydroxyl groups excluding tert-OH is 1. The first-order chi connectivity index (χ1) is 4.74. The minimum absolute atomic E-state index is 0.00556. The number of rotatable bonds is 3. The number of aliphatic hydroxyl groups is 1. The molecule has 1 atom stereocenters. The maximum atomic E-state index is 11.7. The first kappa shape index (κ1) is 7.88. The van der Waals surface area contributed by atoms with E-state index < -0.39 is 6.43 Å². The van der Waals surface area contributed by atoms with Gasteiger partial charge in [-0.15, -0.1) is 0 Å². The molecule has 1 rings (SSSR count). The molecule has 1 unspecified atom stereocenters. The smallest absolute Gasteiger partial charge is 0.251 e. The Labute approximate surface area is 58.4 Å². The monoisotopic (exact) mass is 151 g/mol. The van der Waals surface area contributed by atoms with Gasteiger partial charge in [-0.25, -0.2) is 8.78 Å². The van der Waals surface area contributed by atoms with E-state index in [0.717, 1.165) is 6.42 Å². The molecule has 0 spiro atoms. The molecule has 1 N–H and O–H groups in total. The highest BCUT2D eigenvalue weighted by Gasteiger charge is 2.28. The van der Waals surface area contributed by atoms with Crippen LogP contribution in [-0.4, -0.2) is 42.2 Å². The molecule has 1 aliphatic heterocycles. The summed E-state index contributed by atoms with van der Waals surface area (Å²) in [5.41, 5.74) is 0. The summed E-state index contributed by atoms with van der Waals surface area (Å²) in [5.74, 6) is 0. The summed E-state index contributed by atoms with van der Waals surface area (Å²) in [7, 11) is 0. The van der Waals surface area contributed by atoms with Crippen molar-refractivity contribution in [1.82, 2.24) is 4.90 Å². The van der Waals surface area contributed by atoms with Crippen molar-refractivity contribution in [2.75, 3.05) is 19.7 Å². The summed E-state index contributed by atoms with van der Waals surface area (Å²) in [5, 5.41) is 8.58. The van der Waals surface area contributed by atoms with Gasteiger partial charge in [0.15, 0.2) is 0 Å². The number of alkyl halides is 2. The second-order valence-corrected chi connectivity index (χ2v) is 2.51. The maximum absolute atomic E-state index is 11.7. The molecule has 0 bridgehead atoms. The topological polar surface area (TPSA) is 23.5 Å². The molecular formula is C6H11F2NO. The van der Waals surface area contributed by atoms with E-state index in [1.807, 2.05) is 0 Å². The van der Waals surface area contributed by atoms with Gasteiger partial charge >= 0.3 is 0 Å². The molecule has 0 aromatic rings. The van der Waals surface area contributed by atoms with Crippen molar-refractivity contribution in [2.45, 2.75) is 18.9 Å². The Kier molecular flexibility index (Phi) is 2.56. The van der Waals surface area contributed by atoms with Crippen molar-refractivity contribution < 1.29 is 13.9 Å². The van der Waals surface area contributed by atoms with E-state index in [1.54, 1.807) is 4.90 Å². The van der Waals surface area contributed by atoms with Gasteiger partial charge in [-0.1, -0.05) is 0 Å². The molecule has 1 fully saturated rings. The van der Waals surface area contributed by atoms with E-state index in [2.05, 4.69) is 0 Å². The number of hydrogen-bond donors (Lipinski definition) is 1. The lowest BCUT2D eigenvalue weighted by atomic mass is 10.1. The minimum Gasteiger partial charge on any atom is -0.395 e. The van der Waals surface area contributed by atoms with Crippen molar-refractivity contribution in [1.29, 1.82) is 0 Å². The van der Waals surface area contributed by atoms with Crippen molar-refractivity contribution in [3.05, 3.63) is 0 Å². The Morgan fingerprint density at radius 2 is 2.30 bits per heavy atom. The molecule has 0 saturated carbocycles. The molecule has 1 aliphatic rings. The van der Waals surface area contributed by atoms with Crippen LogP contribution >= 0.6 is 0 Å². The van der Waals surface area contributed by atoms with Crippen molar-refractivity contribution in [3.63, 3.8) is 0 Å². The molecule has 1 heterocycles. The van der Waals surface area contributed by atoms with E-state index in [1.165, 1.54) is 0 Å². The molecule has 0 aromatic heterocycles. The zero-order valence-electron chi connectivity index (χ0n) is 5.63. The standard InChI is InChI=1S/C6H11F2NO/c7-6(8)3-9-2-1-5(9)4-10/h5-6,10H,1-4H2. The van der Waals surface area contributed by atoms with Crippen LogP contribution in [0.1, 0.15) is 6.42 Å². The molecular weight excluding hydrogens is 140 g/mol. The Morgan fingerprint density at radius 3 is 2.60 bits per heavy atom. The minimum atomic E-state index is -2.27. The summed E-state index contributed by atoms with van der Waals surface area (Å²) >= 11 is 0. The predicted molar refractivity (Wildman–Crippen MR) is 33.1 cm³/mol. The molecule has 2 nitrogen and oxygen atoms in total. The van der Waals surface area contributed by atoms with Crippen LogP contribution in [0, 0.1) is 0 Å². The first-order valence-corrected chi connectivity index (χ1v) is 3.37. The second kappa shape index (κ2) is 3.25. The zero-order chi connectivity index (χ0) is 7.56. The average Bonchev–Trinajstić information content (AvgIpc) is 1.82. The van der Waals surface area contributed by atoms with Gasteiger partial charge in [0.1, 0.15) is 0 Å². The lowest BCUT2D eigenvalue weighted by molar-refractivity contribution is -0.00654. The third-order valence-corrected chi connectivity index (χ3v) is 1.85. The Bertz CT molecular complexity index is 108. The lowest BCUT2D eigenvalue weighted by Gasteiger charge is -2.39. The van der Waals surface area contributed by atoms with Crippen LogP contribution in [-0.2, 0) is 0 Å². The van der Waals surface area contributed by atoms with E-state index in [-0.39, 0.29) is 19.2 Å². The van der Waals surface area contributed by atoms with Crippen LogP contribution in [0.4, 0.5) is 8.78 Å². The highest BCUT2D eigenvalue weighted by atomic mass is 19.3. The fourth-order valence-electron chi connectivity index (χ4n) is 1.12. The lowest BCUT2D eigenvalue weighted by Crippen LogP contribution is -2.51. The number of hydrogen-bond acceptors (Lipinski definition) is 2. The molecule has 0 aromatic carbocycles. The van der Waals surface area contributed by atoms with E-state index in [4.69, 9.17) is 5.11 Å². The van der Waals surface area contributed by atoms with E-state index in [9.17, 15) is 8.78 Å². The van der Waals surface area contributed by atoms with Crippen LogP contribution in [0.2, 0.25) is 0 Å². The molecule has 0 amide bonds. The summed E-state index contributed by atoms with van der Waals surface area (Å²) in [6, 6.07) is -0.00556. The van der Waals surface area contributed by atoms with Crippen LogP contribution in [0.25, 0.3) is 0 Å². The summed E-state index contributed by atoms with van der Waals surface area (Å²) in [6.45, 7) is 0.521. The molecule has 10 heavy (non-hydrogen) atoms. The highest BCUT2D eigenvalue weighted by Crippen LogP contribution is 2.17. The van der Waals surface area contributed by atoms with Crippen LogP contribution < -0.4 is 0 Å². The van der Waals surface area contributed by atoms with Crippen LogP contribution in [0.15, 0.2) is 0 Å². The van der Waals surface area contributed by atoms with Crippen molar-refractivity contribution >= 4 is 0 Å². The molecule has 4 heteroatoms. The third kappa shape index (κ3) is 1.64. The first-order valence-electron chi connectivity index (χ1n) is 3.37. The Morgan fingerprint density at radius 1 is 1.60 bits per heavy atom. The fraction of sp³-hybridized carbons (Fsp3) is 1.00. The normalized spacial score (nSPS) is 27.0. The van der Waals surface area contributed by atoms with Crippen molar-refractivity contribution in [3.8, 4) is 0 Å². The summed E-state index contributed by atoms with van der Waals surface area (Å²) in [4.78, 5) is 1.60. The number of nitrogens with zero attached hydrogens (tertiary/aromatic N) is 1. The third-order valence-electron chi connectivity index (χ3n) is 1.85. The van der Waals surface area contributed by atoms with Crippen LogP contribution in [0.3, 0.4) is 0 Å². The van der Waals surface area contributed by atoms with Gasteiger partial charge in [-0.2, -0.15) is 0 Å². The van der Waals surface area contributed by atoms with Gasteiger partial charge in [-0.3, -0.25) is 4.90 Å². The number of likely N-dealkylation sites (tertiary alicyclic amines) is 1. The van der Waals surface area contributed by atoms with Gasteiger partial charge in [0.25, 0.3) is 6.43 Å². The van der Waals surface area contributed by atoms with Gasteiger partial charge in [0, 0.05) is 12.6 Å². The summed E-state index contributed by atoms with van der Waals surface area (Å²) in [6.07, 6.45) is -1.42.